The minimum absolute atomic E-state index is 0.0897. The Morgan fingerprint density at radius 3 is 2.41 bits per heavy atom. The molecule has 0 aliphatic rings. The molecule has 0 unspecified atom stereocenters. The van der Waals surface area contributed by atoms with Crippen LogP contribution in [0.4, 0.5) is 5.69 Å². The van der Waals surface area contributed by atoms with Crippen molar-refractivity contribution in [1.82, 2.24) is 4.98 Å². The highest BCUT2D eigenvalue weighted by molar-refractivity contribution is 6.00. The molecule has 2 aromatic carbocycles. The molecule has 5 heteroatoms. The number of hydrogen-bond donors (Lipinski definition) is 1. The molecule has 0 saturated carbocycles. The Morgan fingerprint density at radius 1 is 0.926 bits per heavy atom. The fourth-order valence-electron chi connectivity index (χ4n) is 2.56. The third-order valence-electron chi connectivity index (χ3n) is 4.04. The van der Waals surface area contributed by atoms with Gasteiger partial charge in [-0.1, -0.05) is 30.3 Å². The van der Waals surface area contributed by atoms with Gasteiger partial charge in [-0.25, -0.2) is 0 Å². The number of pyridine rings is 1. The molecule has 3 aromatic rings. The number of aryl methyl sites for hydroxylation is 1. The van der Waals surface area contributed by atoms with Gasteiger partial charge in [-0.3, -0.25) is 14.6 Å². The van der Waals surface area contributed by atoms with Crippen molar-refractivity contribution in [3.8, 4) is 11.5 Å². The van der Waals surface area contributed by atoms with Gasteiger partial charge in [0.05, 0.1) is 5.69 Å². The predicted octanol–water partition coefficient (Wildman–Crippen LogP) is 4.78. The fourth-order valence-corrected chi connectivity index (χ4v) is 2.56. The van der Waals surface area contributed by atoms with Gasteiger partial charge in [-0.05, 0) is 42.8 Å². The van der Waals surface area contributed by atoms with Crippen LogP contribution in [-0.2, 0) is 4.79 Å². The number of nitrogens with one attached hydrogen (secondary N) is 1. The topological polar surface area (TPSA) is 68.3 Å². The standard InChI is InChI=1S/C22H20N2O3/c1-16-7-2-4-10-20(16)27-21-11-5-3-9-18(21)24-22(26)13-12-19(25)17-8-6-14-23-15-17/h2-11,14-15H,12-13H2,1H3,(H,24,26). The summed E-state index contributed by atoms with van der Waals surface area (Å²) in [7, 11) is 0. The highest BCUT2D eigenvalue weighted by Gasteiger charge is 2.12. The number of aromatic nitrogens is 1. The lowest BCUT2D eigenvalue weighted by atomic mass is 10.1. The van der Waals surface area contributed by atoms with E-state index >= 15 is 0 Å². The van der Waals surface area contributed by atoms with Crippen LogP contribution in [0.25, 0.3) is 0 Å². The fraction of sp³-hybridized carbons (Fsp3) is 0.136. The molecule has 0 spiro atoms. The van der Waals surface area contributed by atoms with Crippen LogP contribution in [0.2, 0.25) is 0 Å². The molecule has 0 saturated heterocycles. The van der Waals surface area contributed by atoms with E-state index in [1.807, 2.05) is 43.3 Å². The zero-order valence-electron chi connectivity index (χ0n) is 15.0. The van der Waals surface area contributed by atoms with E-state index in [0.29, 0.717) is 17.0 Å². The summed E-state index contributed by atoms with van der Waals surface area (Å²) in [5.41, 5.74) is 2.08. The van der Waals surface area contributed by atoms with Crippen molar-refractivity contribution in [1.29, 1.82) is 0 Å². The van der Waals surface area contributed by atoms with E-state index < -0.39 is 0 Å². The molecule has 0 aliphatic carbocycles. The van der Waals surface area contributed by atoms with E-state index in [4.69, 9.17) is 4.74 Å². The minimum atomic E-state index is -0.243. The van der Waals surface area contributed by atoms with E-state index in [0.717, 1.165) is 11.3 Å². The van der Waals surface area contributed by atoms with Gasteiger partial charge in [0.25, 0.3) is 0 Å². The summed E-state index contributed by atoms with van der Waals surface area (Å²) in [4.78, 5) is 28.3. The molecular weight excluding hydrogens is 340 g/mol. The van der Waals surface area contributed by atoms with E-state index in [-0.39, 0.29) is 24.5 Å². The molecule has 0 aliphatic heterocycles. The molecule has 1 N–H and O–H groups in total. The van der Waals surface area contributed by atoms with Crippen LogP contribution in [-0.4, -0.2) is 16.7 Å². The first-order valence-corrected chi connectivity index (χ1v) is 8.69. The third kappa shape index (κ3) is 5.01. The van der Waals surface area contributed by atoms with Gasteiger partial charge in [0.2, 0.25) is 5.91 Å². The maximum absolute atomic E-state index is 12.3. The molecule has 0 atom stereocenters. The third-order valence-corrected chi connectivity index (χ3v) is 4.04. The Bertz CT molecular complexity index is 939. The molecule has 3 rings (SSSR count). The summed E-state index contributed by atoms with van der Waals surface area (Å²) < 4.78 is 5.95. The van der Waals surface area contributed by atoms with Gasteiger partial charge in [-0.15, -0.1) is 0 Å². The van der Waals surface area contributed by atoms with Crippen LogP contribution in [0, 0.1) is 6.92 Å². The van der Waals surface area contributed by atoms with Crippen LogP contribution >= 0.6 is 0 Å². The lowest BCUT2D eigenvalue weighted by Crippen LogP contribution is -2.14. The molecule has 5 nitrogen and oxygen atoms in total. The number of benzene rings is 2. The highest BCUT2D eigenvalue weighted by atomic mass is 16.5. The number of amides is 1. The summed E-state index contributed by atoms with van der Waals surface area (Å²) in [6, 6.07) is 18.3. The Balaban J connectivity index is 1.63. The molecule has 1 amide bonds. The van der Waals surface area contributed by atoms with Crippen LogP contribution < -0.4 is 10.1 Å². The normalized spacial score (nSPS) is 10.3. The largest absolute Gasteiger partial charge is 0.455 e. The average Bonchev–Trinajstić information content (AvgIpc) is 2.70. The van der Waals surface area contributed by atoms with Gasteiger partial charge in [0.15, 0.2) is 11.5 Å². The molecule has 0 fully saturated rings. The summed E-state index contributed by atoms with van der Waals surface area (Å²) >= 11 is 0. The van der Waals surface area contributed by atoms with Crippen LogP contribution in [0.3, 0.4) is 0 Å². The van der Waals surface area contributed by atoms with Crippen LogP contribution in [0.5, 0.6) is 11.5 Å². The molecule has 0 radical (unpaired) electrons. The maximum Gasteiger partial charge on any atom is 0.224 e. The summed E-state index contributed by atoms with van der Waals surface area (Å²) in [6.45, 7) is 1.96. The SMILES string of the molecule is Cc1ccccc1Oc1ccccc1NC(=O)CCC(=O)c1cccnc1. The maximum atomic E-state index is 12.3. The number of carbonyl (C=O) groups excluding carboxylic acids is 2. The van der Waals surface area contributed by atoms with Crippen molar-refractivity contribution in [2.45, 2.75) is 19.8 Å². The number of nitrogens with zero attached hydrogens (tertiary/aromatic N) is 1. The van der Waals surface area contributed by atoms with Crippen molar-refractivity contribution in [2.75, 3.05) is 5.32 Å². The smallest absolute Gasteiger partial charge is 0.224 e. The summed E-state index contributed by atoms with van der Waals surface area (Å²) in [5, 5.41) is 2.83. The molecule has 1 aromatic heterocycles. The average molecular weight is 360 g/mol. The molecule has 0 bridgehead atoms. The number of ketones is 1. The van der Waals surface area contributed by atoms with Crippen LogP contribution in [0.1, 0.15) is 28.8 Å². The first-order chi connectivity index (χ1) is 13.1. The zero-order valence-corrected chi connectivity index (χ0v) is 15.0. The van der Waals surface area contributed by atoms with Crippen molar-refractivity contribution in [2.24, 2.45) is 0 Å². The lowest BCUT2D eigenvalue weighted by molar-refractivity contribution is -0.116. The second-order valence-corrected chi connectivity index (χ2v) is 6.08. The van der Waals surface area contributed by atoms with E-state index in [2.05, 4.69) is 10.3 Å². The Morgan fingerprint density at radius 2 is 1.67 bits per heavy atom. The Labute approximate surface area is 158 Å². The predicted molar refractivity (Wildman–Crippen MR) is 104 cm³/mol. The summed E-state index contributed by atoms with van der Waals surface area (Å²) in [5.74, 6) is 0.931. The van der Waals surface area contributed by atoms with Gasteiger partial charge in [-0.2, -0.15) is 0 Å². The van der Waals surface area contributed by atoms with Gasteiger partial charge in [0, 0.05) is 30.8 Å². The van der Waals surface area contributed by atoms with Gasteiger partial charge < -0.3 is 10.1 Å². The number of ether oxygens (including phenoxy) is 1. The lowest BCUT2D eigenvalue weighted by Gasteiger charge is -2.13. The molecule has 1 heterocycles. The summed E-state index contributed by atoms with van der Waals surface area (Å²) in [6.07, 6.45) is 3.32. The van der Waals surface area contributed by atoms with Crippen molar-refractivity contribution in [3.63, 3.8) is 0 Å². The van der Waals surface area contributed by atoms with E-state index in [1.54, 1.807) is 30.5 Å². The zero-order chi connectivity index (χ0) is 19.1. The monoisotopic (exact) mass is 360 g/mol. The second-order valence-electron chi connectivity index (χ2n) is 6.08. The van der Waals surface area contributed by atoms with E-state index in [9.17, 15) is 9.59 Å². The second kappa shape index (κ2) is 8.76. The van der Waals surface area contributed by atoms with Crippen LogP contribution in [0.15, 0.2) is 73.1 Å². The first-order valence-electron chi connectivity index (χ1n) is 8.69. The number of hydrogen-bond acceptors (Lipinski definition) is 4. The number of rotatable bonds is 7. The molecule has 27 heavy (non-hydrogen) atoms. The first kappa shape index (κ1) is 18.3. The highest BCUT2D eigenvalue weighted by Crippen LogP contribution is 2.31. The molecular formula is C22H20N2O3. The minimum Gasteiger partial charge on any atom is -0.455 e. The van der Waals surface area contributed by atoms with Crippen molar-refractivity contribution >= 4 is 17.4 Å². The van der Waals surface area contributed by atoms with E-state index in [1.165, 1.54) is 6.20 Å². The Hall–Kier alpha value is -3.47. The quantitative estimate of drug-likeness (QED) is 0.616. The number of Topliss-reactive ketones (excluding diaryl/α,β-unsaturated/α-hetero) is 1. The number of para-hydroxylation sites is 3. The number of anilines is 1. The molecule has 136 valence electrons. The van der Waals surface area contributed by atoms with Gasteiger partial charge in [0.1, 0.15) is 5.75 Å². The number of carbonyl (C=O) groups is 2. The van der Waals surface area contributed by atoms with Crippen molar-refractivity contribution in [3.05, 3.63) is 84.2 Å². The van der Waals surface area contributed by atoms with Gasteiger partial charge >= 0.3 is 0 Å². The van der Waals surface area contributed by atoms with Crippen molar-refractivity contribution < 1.29 is 14.3 Å². The Kier molecular flexibility index (Phi) is 5.94.